The summed E-state index contributed by atoms with van der Waals surface area (Å²) in [5.74, 6) is -1.23. The highest BCUT2D eigenvalue weighted by atomic mass is 19.1. The number of carbonyl (C=O) groups excluding carboxylic acids is 2. The number of carbonyl (C=O) groups is 2. The first-order chi connectivity index (χ1) is 11.4. The Balaban J connectivity index is 1.59. The van der Waals surface area contributed by atoms with Crippen molar-refractivity contribution in [3.63, 3.8) is 0 Å². The fourth-order valence-electron chi connectivity index (χ4n) is 3.24. The number of hydrogen-bond acceptors (Lipinski definition) is 3. The third kappa shape index (κ3) is 2.95. The Hall–Kier alpha value is -2.18. The summed E-state index contributed by atoms with van der Waals surface area (Å²) in [6.07, 6.45) is 1.51. The van der Waals surface area contributed by atoms with Crippen LogP contribution >= 0.6 is 0 Å². The fourth-order valence-corrected chi connectivity index (χ4v) is 3.24. The van der Waals surface area contributed by atoms with Gasteiger partial charge in [0, 0.05) is 24.9 Å². The van der Waals surface area contributed by atoms with Crippen molar-refractivity contribution < 1.29 is 23.1 Å². The minimum Gasteiger partial charge on any atom is -0.467 e. The summed E-state index contributed by atoms with van der Waals surface area (Å²) >= 11 is 0. The van der Waals surface area contributed by atoms with E-state index in [9.17, 15) is 18.4 Å². The van der Waals surface area contributed by atoms with Crippen LogP contribution in [0.3, 0.4) is 0 Å². The van der Waals surface area contributed by atoms with E-state index < -0.39 is 17.7 Å². The normalized spacial score (nSPS) is 24.5. The maximum atomic E-state index is 14.4. The van der Waals surface area contributed by atoms with Crippen molar-refractivity contribution >= 4 is 12.0 Å². The number of methoxy groups -OCH3 is 1. The summed E-state index contributed by atoms with van der Waals surface area (Å²) in [5.41, 5.74) is -1.92. The van der Waals surface area contributed by atoms with Gasteiger partial charge >= 0.3 is 12.0 Å². The Morgan fingerprint density at radius 1 is 1.29 bits per heavy atom. The quantitative estimate of drug-likeness (QED) is 0.856. The van der Waals surface area contributed by atoms with Crippen molar-refractivity contribution in [2.24, 2.45) is 0 Å². The Morgan fingerprint density at radius 3 is 2.62 bits per heavy atom. The van der Waals surface area contributed by atoms with Crippen LogP contribution in [0.4, 0.5) is 13.6 Å². The van der Waals surface area contributed by atoms with Crippen LogP contribution in [0.15, 0.2) is 24.3 Å². The van der Waals surface area contributed by atoms with Crippen molar-refractivity contribution in [2.45, 2.75) is 30.3 Å². The Bertz CT molecular complexity index is 663. The largest absolute Gasteiger partial charge is 0.467 e. The zero-order chi connectivity index (χ0) is 17.4. The number of amides is 2. The van der Waals surface area contributed by atoms with E-state index in [1.54, 1.807) is 18.2 Å². The van der Waals surface area contributed by atoms with E-state index in [4.69, 9.17) is 0 Å². The van der Waals surface area contributed by atoms with Gasteiger partial charge in [0.05, 0.1) is 13.7 Å². The van der Waals surface area contributed by atoms with Gasteiger partial charge in [0.1, 0.15) is 5.82 Å². The third-order valence-electron chi connectivity index (χ3n) is 4.93. The number of likely N-dealkylation sites (tertiary alicyclic amines) is 1. The van der Waals surface area contributed by atoms with Crippen LogP contribution in [0, 0.1) is 5.82 Å². The third-order valence-corrected chi connectivity index (χ3v) is 4.93. The zero-order valence-corrected chi connectivity index (χ0v) is 13.5. The smallest absolute Gasteiger partial charge is 0.345 e. The van der Waals surface area contributed by atoms with Crippen molar-refractivity contribution in [1.82, 2.24) is 10.2 Å². The lowest BCUT2D eigenvalue weighted by molar-refractivity contribution is -0.153. The lowest BCUT2D eigenvalue weighted by atomic mass is 9.95. The molecule has 0 bridgehead atoms. The van der Waals surface area contributed by atoms with Crippen LogP contribution in [0.1, 0.15) is 24.8 Å². The predicted molar refractivity (Wildman–Crippen MR) is 82.8 cm³/mol. The zero-order valence-electron chi connectivity index (χ0n) is 13.5. The van der Waals surface area contributed by atoms with Gasteiger partial charge in [-0.1, -0.05) is 18.2 Å². The molecule has 130 valence electrons. The molecule has 1 saturated heterocycles. The molecule has 1 aromatic rings. The van der Waals surface area contributed by atoms with Gasteiger partial charge in [-0.3, -0.25) is 0 Å². The number of rotatable bonds is 4. The van der Waals surface area contributed by atoms with Gasteiger partial charge in [0.15, 0.2) is 0 Å². The lowest BCUT2D eigenvalue weighted by Crippen LogP contribution is -2.45. The molecule has 2 fully saturated rings. The first-order valence-electron chi connectivity index (χ1n) is 7.95. The summed E-state index contributed by atoms with van der Waals surface area (Å²) in [6.45, 7) is 0.114. The van der Waals surface area contributed by atoms with Crippen LogP contribution in [-0.2, 0) is 14.9 Å². The average Bonchev–Trinajstić information content (AvgIpc) is 3.26. The first-order valence-corrected chi connectivity index (χ1v) is 7.95. The molecule has 5 nitrogen and oxygen atoms in total. The number of hydrogen-bond donors (Lipinski definition) is 1. The molecule has 1 heterocycles. The van der Waals surface area contributed by atoms with Gasteiger partial charge in [-0.15, -0.1) is 0 Å². The monoisotopic (exact) mass is 338 g/mol. The molecule has 3 rings (SSSR count). The molecular weight excluding hydrogens is 318 g/mol. The molecule has 1 unspecified atom stereocenters. The number of urea groups is 1. The van der Waals surface area contributed by atoms with Crippen molar-refractivity contribution in [2.75, 3.05) is 26.7 Å². The summed E-state index contributed by atoms with van der Waals surface area (Å²) in [4.78, 5) is 25.0. The van der Waals surface area contributed by atoms with E-state index in [0.717, 1.165) is 20.0 Å². The Kier molecular flexibility index (Phi) is 4.19. The number of nitrogens with zero attached hydrogens (tertiary/aromatic N) is 1. The molecule has 1 N–H and O–H groups in total. The SMILES string of the molecule is COC(=O)C1(F)CCN(C(=O)NCC2(c3ccccc3F)CC2)C1. The second kappa shape index (κ2) is 6.03. The van der Waals surface area contributed by atoms with Crippen molar-refractivity contribution in [3.05, 3.63) is 35.6 Å². The van der Waals surface area contributed by atoms with E-state index in [1.807, 2.05) is 0 Å². The van der Waals surface area contributed by atoms with E-state index in [1.165, 1.54) is 11.0 Å². The first kappa shape index (κ1) is 16.7. The molecule has 1 saturated carbocycles. The number of benzene rings is 1. The van der Waals surface area contributed by atoms with Crippen LogP contribution in [0.5, 0.6) is 0 Å². The number of nitrogens with one attached hydrogen (secondary N) is 1. The van der Waals surface area contributed by atoms with Gasteiger partial charge in [0.2, 0.25) is 5.67 Å². The highest BCUT2D eigenvalue weighted by Crippen LogP contribution is 2.48. The maximum absolute atomic E-state index is 14.4. The van der Waals surface area contributed by atoms with Gasteiger partial charge in [0.25, 0.3) is 0 Å². The van der Waals surface area contributed by atoms with Crippen LogP contribution in [0.25, 0.3) is 0 Å². The van der Waals surface area contributed by atoms with E-state index in [2.05, 4.69) is 10.1 Å². The summed E-state index contributed by atoms with van der Waals surface area (Å²) < 4.78 is 32.8. The van der Waals surface area contributed by atoms with Gasteiger partial charge < -0.3 is 15.0 Å². The lowest BCUT2D eigenvalue weighted by Gasteiger charge is -2.22. The number of halogens is 2. The predicted octanol–water partition coefficient (Wildman–Crippen LogP) is 2.15. The molecule has 0 aromatic heterocycles. The van der Waals surface area contributed by atoms with Crippen LogP contribution in [-0.4, -0.2) is 49.3 Å². The highest BCUT2D eigenvalue weighted by Gasteiger charge is 2.49. The molecule has 1 aliphatic heterocycles. The summed E-state index contributed by atoms with van der Waals surface area (Å²) in [7, 11) is 1.12. The van der Waals surface area contributed by atoms with Gasteiger partial charge in [-0.25, -0.2) is 18.4 Å². The second-order valence-electron chi connectivity index (χ2n) is 6.55. The van der Waals surface area contributed by atoms with Crippen LogP contribution < -0.4 is 5.32 Å². The Labute approximate surface area is 139 Å². The minimum atomic E-state index is -2.14. The topological polar surface area (TPSA) is 58.6 Å². The molecule has 0 spiro atoms. The number of ether oxygens (including phenoxy) is 1. The maximum Gasteiger partial charge on any atom is 0.345 e. The van der Waals surface area contributed by atoms with E-state index >= 15 is 0 Å². The van der Waals surface area contributed by atoms with Gasteiger partial charge in [-0.2, -0.15) is 0 Å². The number of esters is 1. The molecule has 0 radical (unpaired) electrons. The van der Waals surface area contributed by atoms with E-state index in [-0.39, 0.29) is 30.7 Å². The standard InChI is InChI=1S/C17H20F2N2O3/c1-24-14(22)17(19)8-9-21(11-17)15(23)20-10-16(6-7-16)12-4-2-3-5-13(12)18/h2-5H,6-11H2,1H3,(H,20,23). The second-order valence-corrected chi connectivity index (χ2v) is 6.55. The molecular formula is C17H20F2N2O3. The molecule has 1 atom stereocenters. The number of alkyl halides is 1. The molecule has 2 amide bonds. The molecule has 1 aromatic carbocycles. The Morgan fingerprint density at radius 2 is 2.00 bits per heavy atom. The molecule has 1 aliphatic carbocycles. The van der Waals surface area contributed by atoms with E-state index in [0.29, 0.717) is 12.1 Å². The van der Waals surface area contributed by atoms with Crippen molar-refractivity contribution in [3.8, 4) is 0 Å². The minimum absolute atomic E-state index is 0.0778. The summed E-state index contributed by atoms with van der Waals surface area (Å²) in [6, 6.07) is 6.10. The molecule has 2 aliphatic rings. The molecule has 7 heteroatoms. The highest BCUT2D eigenvalue weighted by molar-refractivity contribution is 5.83. The van der Waals surface area contributed by atoms with Crippen LogP contribution in [0.2, 0.25) is 0 Å². The van der Waals surface area contributed by atoms with Gasteiger partial charge in [-0.05, 0) is 24.5 Å². The summed E-state index contributed by atoms with van der Waals surface area (Å²) in [5, 5.41) is 2.75. The fraction of sp³-hybridized carbons (Fsp3) is 0.529. The molecule has 24 heavy (non-hydrogen) atoms. The van der Waals surface area contributed by atoms with Crippen molar-refractivity contribution in [1.29, 1.82) is 0 Å². The average molecular weight is 338 g/mol.